The largest absolute Gasteiger partial charge is 0.497 e. The Kier molecular flexibility index (Phi) is 6.61. The number of carbonyl (C=O) groups excluding carboxylic acids is 2. The molecule has 1 aromatic heterocycles. The van der Waals surface area contributed by atoms with Gasteiger partial charge < -0.3 is 9.47 Å². The summed E-state index contributed by atoms with van der Waals surface area (Å²) in [5.74, 6) is 0.103. The summed E-state index contributed by atoms with van der Waals surface area (Å²) >= 11 is 1.34. The molecule has 0 unspecified atom stereocenters. The van der Waals surface area contributed by atoms with Crippen LogP contribution in [0.1, 0.15) is 35.5 Å². The number of aryl methyl sites for hydroxylation is 1. The summed E-state index contributed by atoms with van der Waals surface area (Å²) in [5.41, 5.74) is 2.90. The van der Waals surface area contributed by atoms with Crippen molar-refractivity contribution >= 4 is 34.0 Å². The number of thiazole rings is 1. The lowest BCUT2D eigenvalue weighted by Gasteiger charge is -2.20. The first-order valence-corrected chi connectivity index (χ1v) is 10.1. The number of hydrogen-bond acceptors (Lipinski definition) is 6. The Morgan fingerprint density at radius 1 is 1.10 bits per heavy atom. The van der Waals surface area contributed by atoms with Gasteiger partial charge in [0, 0.05) is 12.3 Å². The second kappa shape index (κ2) is 9.34. The Morgan fingerprint density at radius 2 is 1.83 bits per heavy atom. The minimum Gasteiger partial charge on any atom is -0.497 e. The summed E-state index contributed by atoms with van der Waals surface area (Å²) in [6.07, 6.45) is 0.803. The Balaban J connectivity index is 1.73. The van der Waals surface area contributed by atoms with Crippen molar-refractivity contribution in [3.63, 3.8) is 0 Å². The van der Waals surface area contributed by atoms with Crippen molar-refractivity contribution in [3.05, 3.63) is 70.7 Å². The number of carbonyl (C=O) groups is 2. The normalized spacial score (nSPS) is 10.4. The Hall–Kier alpha value is -3.19. The fraction of sp³-hybridized carbons (Fsp3) is 0.227. The number of rotatable bonds is 7. The van der Waals surface area contributed by atoms with E-state index in [-0.39, 0.29) is 12.5 Å². The molecule has 0 aliphatic rings. The molecule has 1 heterocycles. The number of esters is 1. The lowest BCUT2D eigenvalue weighted by Crippen LogP contribution is -2.23. The molecule has 0 aliphatic heterocycles. The predicted octanol–water partition coefficient (Wildman–Crippen LogP) is 4.76. The van der Waals surface area contributed by atoms with Gasteiger partial charge in [-0.25, -0.2) is 9.78 Å². The standard InChI is InChI=1S/C22H22N2O4S/c1-4-16-7-5-6-8-20(16)24(15(2)25)22-23-18(14-29-22)13-28-21(26)17-9-11-19(27-3)12-10-17/h5-12,14H,4,13H2,1-3H3. The Bertz CT molecular complexity index is 998. The average molecular weight is 410 g/mol. The molecule has 2 aromatic carbocycles. The minimum absolute atomic E-state index is 0.0303. The third-order valence-corrected chi connectivity index (χ3v) is 5.21. The zero-order valence-electron chi connectivity index (χ0n) is 16.5. The molecular weight excluding hydrogens is 388 g/mol. The zero-order chi connectivity index (χ0) is 20.8. The number of methoxy groups -OCH3 is 1. The molecule has 1 amide bonds. The van der Waals surface area contributed by atoms with Crippen LogP contribution >= 0.6 is 11.3 Å². The first-order chi connectivity index (χ1) is 14.0. The fourth-order valence-electron chi connectivity index (χ4n) is 2.85. The smallest absolute Gasteiger partial charge is 0.338 e. The molecule has 6 nitrogen and oxygen atoms in total. The quantitative estimate of drug-likeness (QED) is 0.526. The highest BCUT2D eigenvalue weighted by atomic mass is 32.1. The van der Waals surface area contributed by atoms with Crippen LogP contribution in [0.2, 0.25) is 0 Å². The van der Waals surface area contributed by atoms with Gasteiger partial charge >= 0.3 is 5.97 Å². The molecule has 7 heteroatoms. The van der Waals surface area contributed by atoms with Gasteiger partial charge in [0.15, 0.2) is 5.13 Å². The van der Waals surface area contributed by atoms with E-state index in [9.17, 15) is 9.59 Å². The number of hydrogen-bond donors (Lipinski definition) is 0. The van der Waals surface area contributed by atoms with E-state index in [1.165, 1.54) is 18.3 Å². The zero-order valence-corrected chi connectivity index (χ0v) is 17.4. The van der Waals surface area contributed by atoms with Crippen molar-refractivity contribution in [3.8, 4) is 5.75 Å². The maximum Gasteiger partial charge on any atom is 0.338 e. The molecule has 29 heavy (non-hydrogen) atoms. The number of ether oxygens (including phenoxy) is 2. The van der Waals surface area contributed by atoms with Crippen molar-refractivity contribution in [1.29, 1.82) is 0 Å². The molecular formula is C22H22N2O4S. The van der Waals surface area contributed by atoms with Crippen LogP contribution in [0.5, 0.6) is 5.75 Å². The van der Waals surface area contributed by atoms with Gasteiger partial charge in [0.05, 0.1) is 24.1 Å². The van der Waals surface area contributed by atoms with E-state index in [4.69, 9.17) is 9.47 Å². The number of aromatic nitrogens is 1. The third kappa shape index (κ3) is 4.81. The van der Waals surface area contributed by atoms with Crippen LogP contribution in [0.25, 0.3) is 0 Å². The van der Waals surface area contributed by atoms with Gasteiger partial charge in [-0.15, -0.1) is 11.3 Å². The van der Waals surface area contributed by atoms with E-state index in [0.29, 0.717) is 22.1 Å². The molecule has 0 N–H and O–H groups in total. The molecule has 0 fully saturated rings. The maximum atomic E-state index is 12.3. The second-order valence-electron chi connectivity index (χ2n) is 6.26. The molecule has 0 atom stereocenters. The molecule has 0 aliphatic carbocycles. The van der Waals surface area contributed by atoms with Crippen LogP contribution in [0.3, 0.4) is 0 Å². The van der Waals surface area contributed by atoms with Crippen LogP contribution in [-0.2, 0) is 22.6 Å². The maximum absolute atomic E-state index is 12.3. The van der Waals surface area contributed by atoms with Crippen molar-refractivity contribution in [2.45, 2.75) is 26.9 Å². The van der Waals surface area contributed by atoms with E-state index in [0.717, 1.165) is 17.7 Å². The lowest BCUT2D eigenvalue weighted by atomic mass is 10.1. The summed E-state index contributed by atoms with van der Waals surface area (Å²) < 4.78 is 10.4. The highest BCUT2D eigenvalue weighted by Gasteiger charge is 2.20. The van der Waals surface area contributed by atoms with Crippen LogP contribution < -0.4 is 9.64 Å². The molecule has 0 bridgehead atoms. The first kappa shape index (κ1) is 20.5. The molecule has 0 radical (unpaired) electrons. The van der Waals surface area contributed by atoms with E-state index < -0.39 is 5.97 Å². The van der Waals surface area contributed by atoms with Gasteiger partial charge in [-0.3, -0.25) is 9.69 Å². The van der Waals surface area contributed by atoms with Gasteiger partial charge in [-0.1, -0.05) is 25.1 Å². The topological polar surface area (TPSA) is 68.7 Å². The van der Waals surface area contributed by atoms with Crippen molar-refractivity contribution in [2.24, 2.45) is 0 Å². The molecule has 3 rings (SSSR count). The number of para-hydroxylation sites is 1. The van der Waals surface area contributed by atoms with Gasteiger partial charge in [0.2, 0.25) is 5.91 Å². The molecule has 0 saturated heterocycles. The van der Waals surface area contributed by atoms with Gasteiger partial charge in [0.1, 0.15) is 12.4 Å². The monoisotopic (exact) mass is 410 g/mol. The highest BCUT2D eigenvalue weighted by molar-refractivity contribution is 7.14. The van der Waals surface area contributed by atoms with Crippen molar-refractivity contribution in [1.82, 2.24) is 4.98 Å². The summed E-state index contributed by atoms with van der Waals surface area (Å²) in [7, 11) is 1.57. The second-order valence-corrected chi connectivity index (χ2v) is 7.10. The van der Waals surface area contributed by atoms with Crippen LogP contribution in [0, 0.1) is 0 Å². The number of nitrogens with zero attached hydrogens (tertiary/aromatic N) is 2. The van der Waals surface area contributed by atoms with Crippen molar-refractivity contribution in [2.75, 3.05) is 12.0 Å². The molecule has 0 saturated carbocycles. The van der Waals surface area contributed by atoms with E-state index >= 15 is 0 Å². The number of amides is 1. The van der Waals surface area contributed by atoms with E-state index in [1.54, 1.807) is 41.7 Å². The molecule has 0 spiro atoms. The molecule has 150 valence electrons. The summed E-state index contributed by atoms with van der Waals surface area (Å²) in [6, 6.07) is 14.4. The molecule has 3 aromatic rings. The SMILES string of the molecule is CCc1ccccc1N(C(C)=O)c1nc(COC(=O)c2ccc(OC)cc2)cs1. The Labute approximate surface area is 173 Å². The van der Waals surface area contributed by atoms with Crippen LogP contribution in [0.15, 0.2) is 53.9 Å². The predicted molar refractivity (Wildman–Crippen MR) is 113 cm³/mol. The van der Waals surface area contributed by atoms with Crippen LogP contribution in [-0.4, -0.2) is 24.0 Å². The number of benzene rings is 2. The van der Waals surface area contributed by atoms with Crippen molar-refractivity contribution < 1.29 is 19.1 Å². The van der Waals surface area contributed by atoms with E-state index in [2.05, 4.69) is 4.98 Å². The first-order valence-electron chi connectivity index (χ1n) is 9.17. The third-order valence-electron chi connectivity index (χ3n) is 4.34. The van der Waals surface area contributed by atoms with Gasteiger partial charge in [-0.05, 0) is 42.3 Å². The fourth-order valence-corrected chi connectivity index (χ4v) is 3.71. The number of anilines is 2. The van der Waals surface area contributed by atoms with E-state index in [1.807, 2.05) is 31.2 Å². The average Bonchev–Trinajstić information content (AvgIpc) is 3.20. The summed E-state index contributed by atoms with van der Waals surface area (Å²) in [4.78, 5) is 30.6. The highest BCUT2D eigenvalue weighted by Crippen LogP contribution is 2.32. The lowest BCUT2D eigenvalue weighted by molar-refractivity contribution is -0.115. The van der Waals surface area contributed by atoms with Gasteiger partial charge in [0.25, 0.3) is 0 Å². The van der Waals surface area contributed by atoms with Crippen LogP contribution in [0.4, 0.5) is 10.8 Å². The minimum atomic E-state index is -0.443. The summed E-state index contributed by atoms with van der Waals surface area (Å²) in [6.45, 7) is 3.59. The van der Waals surface area contributed by atoms with Gasteiger partial charge in [-0.2, -0.15) is 0 Å². The Morgan fingerprint density at radius 3 is 2.48 bits per heavy atom. The summed E-state index contributed by atoms with van der Waals surface area (Å²) in [5, 5.41) is 2.34.